The van der Waals surface area contributed by atoms with Gasteiger partial charge < -0.3 is 4.42 Å². The summed E-state index contributed by atoms with van der Waals surface area (Å²) in [6, 6.07) is 29.4. The number of hydrogen-bond donors (Lipinski definition) is 0. The van der Waals surface area contributed by atoms with Gasteiger partial charge in [-0.3, -0.25) is 0 Å². The molecule has 2 aliphatic rings. The topological polar surface area (TPSA) is 17.0 Å². The summed E-state index contributed by atoms with van der Waals surface area (Å²) >= 11 is 0. The Labute approximate surface area is 239 Å². The van der Waals surface area contributed by atoms with Gasteiger partial charge >= 0.3 is 0 Å². The zero-order valence-corrected chi connectivity index (χ0v) is 23.9. The number of nitrogens with zero attached hydrogens (tertiary/aromatic N) is 1. The maximum Gasteiger partial charge on any atom is 0.216 e. The van der Waals surface area contributed by atoms with E-state index in [-0.39, 0.29) is 0 Å². The molecule has 0 saturated heterocycles. The third-order valence-corrected chi connectivity index (χ3v) is 9.79. The van der Waals surface area contributed by atoms with Gasteiger partial charge in [-0.05, 0) is 112 Å². The van der Waals surface area contributed by atoms with Crippen LogP contribution in [0, 0.1) is 20.8 Å². The second-order valence-electron chi connectivity index (χ2n) is 12.2. The molecule has 0 saturated carbocycles. The Balaban J connectivity index is 1.28. The summed E-state index contributed by atoms with van der Waals surface area (Å²) in [5.41, 5.74) is 19.7. The van der Waals surface area contributed by atoms with Crippen molar-refractivity contribution in [3.63, 3.8) is 0 Å². The lowest BCUT2D eigenvalue weighted by Crippen LogP contribution is -2.31. The average Bonchev–Trinajstić information content (AvgIpc) is 3.63. The molecule has 0 spiro atoms. The van der Waals surface area contributed by atoms with E-state index in [1.54, 1.807) is 0 Å². The van der Waals surface area contributed by atoms with Crippen LogP contribution in [0.15, 0.2) is 89.5 Å². The fraction of sp³-hybridized carbons (Fsp3) is 0.154. The molecule has 0 radical (unpaired) electrons. The van der Waals surface area contributed by atoms with Crippen molar-refractivity contribution in [2.24, 2.45) is 7.05 Å². The second kappa shape index (κ2) is 7.95. The standard InChI is InChI=1S/C39H30NO/c1-21-8-7-10-25-15-27-17-31-26(18-33(27)36(21)25)16-28-20-40(4)35(19-32(28)31)37-23(3)22(2)14-34-30-13-12-24-9-5-6-11-29(24)38(30)41-39(34)37/h5-14,17-20H,15-16H2,1-4H3/q+1. The second-order valence-corrected chi connectivity index (χ2v) is 12.2. The smallest absolute Gasteiger partial charge is 0.216 e. The van der Waals surface area contributed by atoms with Crippen LogP contribution in [-0.4, -0.2) is 0 Å². The van der Waals surface area contributed by atoms with Crippen molar-refractivity contribution in [2.75, 3.05) is 0 Å². The van der Waals surface area contributed by atoms with E-state index < -0.39 is 0 Å². The summed E-state index contributed by atoms with van der Waals surface area (Å²) in [4.78, 5) is 0. The van der Waals surface area contributed by atoms with Crippen molar-refractivity contribution in [2.45, 2.75) is 33.6 Å². The number of aryl methyl sites for hydroxylation is 3. The minimum Gasteiger partial charge on any atom is -0.454 e. The Kier molecular flexibility index (Phi) is 4.47. The van der Waals surface area contributed by atoms with Gasteiger partial charge in [-0.25, -0.2) is 4.57 Å². The van der Waals surface area contributed by atoms with Crippen LogP contribution in [0.2, 0.25) is 0 Å². The maximum atomic E-state index is 6.83. The SMILES string of the molecule is Cc1cc2c(oc3c4ccccc4ccc23)c(-c2cc3c(c[n+]2C)Cc2cc4c(cc2-3)Cc2cccc(C)c2-4)c1C. The van der Waals surface area contributed by atoms with E-state index in [4.69, 9.17) is 4.42 Å². The molecular weight excluding hydrogens is 498 g/mol. The zero-order valence-electron chi connectivity index (χ0n) is 23.9. The van der Waals surface area contributed by atoms with E-state index in [1.165, 1.54) is 94.0 Å². The molecule has 7 aromatic rings. The van der Waals surface area contributed by atoms with Crippen molar-refractivity contribution < 1.29 is 8.98 Å². The van der Waals surface area contributed by atoms with E-state index in [0.717, 1.165) is 24.0 Å². The molecule has 2 nitrogen and oxygen atoms in total. The number of aromatic nitrogens is 1. The molecule has 2 aliphatic carbocycles. The van der Waals surface area contributed by atoms with Gasteiger partial charge in [0.25, 0.3) is 0 Å². The minimum atomic E-state index is 0.976. The van der Waals surface area contributed by atoms with Gasteiger partial charge in [0.1, 0.15) is 18.2 Å². The number of rotatable bonds is 1. The normalized spacial score (nSPS) is 13.2. The molecule has 2 aromatic heterocycles. The van der Waals surface area contributed by atoms with E-state index in [0.29, 0.717) is 0 Å². The molecule has 41 heavy (non-hydrogen) atoms. The molecule has 0 bridgehead atoms. The fourth-order valence-corrected chi connectivity index (χ4v) is 7.66. The van der Waals surface area contributed by atoms with E-state index in [9.17, 15) is 0 Å². The molecule has 0 N–H and O–H groups in total. The van der Waals surface area contributed by atoms with Gasteiger partial charge in [-0.2, -0.15) is 0 Å². The first kappa shape index (κ1) is 23.1. The average molecular weight is 529 g/mol. The van der Waals surface area contributed by atoms with Crippen LogP contribution < -0.4 is 4.57 Å². The Morgan fingerprint density at radius 3 is 2.27 bits per heavy atom. The van der Waals surface area contributed by atoms with Crippen molar-refractivity contribution in [3.05, 3.63) is 124 Å². The Morgan fingerprint density at radius 2 is 1.37 bits per heavy atom. The third kappa shape index (κ3) is 3.05. The van der Waals surface area contributed by atoms with Crippen molar-refractivity contribution in [1.29, 1.82) is 0 Å². The molecule has 5 aromatic carbocycles. The third-order valence-electron chi connectivity index (χ3n) is 9.79. The summed E-state index contributed by atoms with van der Waals surface area (Å²) in [5, 5.41) is 4.75. The molecule has 9 rings (SSSR count). The highest BCUT2D eigenvalue weighted by atomic mass is 16.3. The predicted molar refractivity (Wildman–Crippen MR) is 169 cm³/mol. The zero-order chi connectivity index (χ0) is 27.6. The van der Waals surface area contributed by atoms with Crippen LogP contribution in [0.3, 0.4) is 0 Å². The molecule has 0 atom stereocenters. The number of furan rings is 1. The van der Waals surface area contributed by atoms with Gasteiger partial charge in [-0.1, -0.05) is 48.5 Å². The van der Waals surface area contributed by atoms with Crippen LogP contribution >= 0.6 is 0 Å². The van der Waals surface area contributed by atoms with Crippen molar-refractivity contribution in [1.82, 2.24) is 0 Å². The molecule has 0 unspecified atom stereocenters. The quantitative estimate of drug-likeness (QED) is 0.194. The molecule has 0 fully saturated rings. The Bertz CT molecular complexity index is 2300. The highest BCUT2D eigenvalue weighted by Crippen LogP contribution is 2.47. The number of benzene rings is 5. The van der Waals surface area contributed by atoms with Crippen molar-refractivity contribution in [3.8, 4) is 33.5 Å². The first-order chi connectivity index (χ1) is 20.0. The van der Waals surface area contributed by atoms with Crippen LogP contribution in [0.1, 0.15) is 38.9 Å². The van der Waals surface area contributed by atoms with Gasteiger partial charge in [0.05, 0.1) is 5.56 Å². The van der Waals surface area contributed by atoms with Crippen LogP contribution in [0.5, 0.6) is 0 Å². The molecule has 2 heterocycles. The Hall–Kier alpha value is -4.69. The lowest BCUT2D eigenvalue weighted by atomic mass is 9.93. The first-order valence-corrected chi connectivity index (χ1v) is 14.6. The molecular formula is C39H30NO+. The highest BCUT2D eigenvalue weighted by molar-refractivity contribution is 6.17. The largest absolute Gasteiger partial charge is 0.454 e. The molecule has 0 aliphatic heterocycles. The van der Waals surface area contributed by atoms with Crippen LogP contribution in [-0.2, 0) is 19.9 Å². The maximum absolute atomic E-state index is 6.83. The number of fused-ring (bicyclic) bond motifs is 11. The number of pyridine rings is 1. The highest BCUT2D eigenvalue weighted by Gasteiger charge is 2.30. The number of hydrogen-bond acceptors (Lipinski definition) is 1. The summed E-state index contributed by atoms with van der Waals surface area (Å²) in [7, 11) is 2.18. The molecule has 2 heteroatoms. The van der Waals surface area contributed by atoms with E-state index in [2.05, 4.69) is 117 Å². The Morgan fingerprint density at radius 1 is 0.585 bits per heavy atom. The van der Waals surface area contributed by atoms with E-state index in [1.807, 2.05) is 0 Å². The summed E-state index contributed by atoms with van der Waals surface area (Å²) in [6.07, 6.45) is 4.35. The lowest BCUT2D eigenvalue weighted by Gasteiger charge is -2.11. The van der Waals surface area contributed by atoms with Crippen LogP contribution in [0.25, 0.3) is 66.2 Å². The molecule has 196 valence electrons. The van der Waals surface area contributed by atoms with E-state index >= 15 is 0 Å². The monoisotopic (exact) mass is 528 g/mol. The van der Waals surface area contributed by atoms with Gasteiger partial charge in [0.15, 0.2) is 6.20 Å². The van der Waals surface area contributed by atoms with Gasteiger partial charge in [-0.15, -0.1) is 0 Å². The van der Waals surface area contributed by atoms with Gasteiger partial charge in [0.2, 0.25) is 5.69 Å². The molecule has 0 amide bonds. The van der Waals surface area contributed by atoms with Crippen molar-refractivity contribution >= 4 is 32.7 Å². The van der Waals surface area contributed by atoms with Crippen LogP contribution in [0.4, 0.5) is 0 Å². The fourth-order valence-electron chi connectivity index (χ4n) is 7.66. The first-order valence-electron chi connectivity index (χ1n) is 14.6. The lowest BCUT2D eigenvalue weighted by molar-refractivity contribution is -0.660. The summed E-state index contributed by atoms with van der Waals surface area (Å²) < 4.78 is 9.14. The summed E-state index contributed by atoms with van der Waals surface area (Å²) in [6.45, 7) is 6.71. The van der Waals surface area contributed by atoms with Gasteiger partial charge in [0, 0.05) is 34.2 Å². The minimum absolute atomic E-state index is 0.976. The summed E-state index contributed by atoms with van der Waals surface area (Å²) in [5.74, 6) is 0. The predicted octanol–water partition coefficient (Wildman–Crippen LogP) is 9.30.